The number of aliphatic hydroxyl groups excluding tert-OH is 5. The van der Waals surface area contributed by atoms with Crippen LogP contribution in [0.3, 0.4) is 0 Å². The fourth-order valence-corrected chi connectivity index (χ4v) is 4.96. The molecule has 0 aromatic heterocycles. The molecule has 16 heteroatoms. The van der Waals surface area contributed by atoms with E-state index in [0.717, 1.165) is 6.08 Å². The number of hydrogen-bond donors (Lipinski definition) is 9. The van der Waals surface area contributed by atoms with Gasteiger partial charge in [-0.3, -0.25) is 0 Å². The van der Waals surface area contributed by atoms with Crippen molar-refractivity contribution in [3.8, 4) is 23.0 Å². The lowest BCUT2D eigenvalue weighted by Crippen LogP contribution is -2.65. The Morgan fingerprint density at radius 3 is 2.15 bits per heavy atom. The van der Waals surface area contributed by atoms with E-state index in [1.54, 1.807) is 0 Å². The van der Waals surface area contributed by atoms with E-state index in [4.69, 9.17) is 28.4 Å². The number of carbonyl (C=O) groups is 1. The lowest BCUT2D eigenvalue weighted by molar-refractivity contribution is -0.358. The lowest BCUT2D eigenvalue weighted by atomic mass is 9.97. The quantitative estimate of drug-likeness (QED) is 0.0811. The van der Waals surface area contributed by atoms with Gasteiger partial charge in [0.05, 0.1) is 19.3 Å². The maximum absolute atomic E-state index is 12.9. The number of carbonyl (C=O) groups excluding carboxylic acids is 1. The summed E-state index contributed by atoms with van der Waals surface area (Å²) >= 11 is 0. The summed E-state index contributed by atoms with van der Waals surface area (Å²) in [7, 11) is 1.35. The zero-order chi connectivity index (χ0) is 33.7. The number of phenols is 4. The van der Waals surface area contributed by atoms with E-state index in [2.05, 4.69) is 0 Å². The summed E-state index contributed by atoms with van der Waals surface area (Å²) in [6.07, 6.45) is -14.1. The van der Waals surface area contributed by atoms with Crippen molar-refractivity contribution < 1.29 is 79.2 Å². The van der Waals surface area contributed by atoms with Crippen LogP contribution in [0, 0.1) is 0 Å². The molecular formula is C30H38O16. The highest BCUT2D eigenvalue weighted by Crippen LogP contribution is 2.33. The minimum Gasteiger partial charge on any atom is -0.504 e. The molecule has 9 N–H and O–H groups in total. The first-order valence-corrected chi connectivity index (χ1v) is 14.2. The number of hydrogen-bond acceptors (Lipinski definition) is 16. The largest absolute Gasteiger partial charge is 0.504 e. The number of methoxy groups -OCH3 is 1. The summed E-state index contributed by atoms with van der Waals surface area (Å²) in [4.78, 5) is 12.9. The van der Waals surface area contributed by atoms with E-state index in [1.165, 1.54) is 56.5 Å². The van der Waals surface area contributed by atoms with Gasteiger partial charge in [0.15, 0.2) is 41.7 Å². The van der Waals surface area contributed by atoms with Crippen molar-refractivity contribution in [1.29, 1.82) is 0 Å². The molecule has 11 atom stereocenters. The Hall–Kier alpha value is -3.55. The van der Waals surface area contributed by atoms with Gasteiger partial charge in [-0.15, -0.1) is 0 Å². The van der Waals surface area contributed by atoms with E-state index in [9.17, 15) is 50.8 Å². The maximum Gasteiger partial charge on any atom is 0.331 e. The number of esters is 1. The molecule has 0 saturated carbocycles. The van der Waals surface area contributed by atoms with Crippen LogP contribution in [0.1, 0.15) is 24.2 Å². The second kappa shape index (κ2) is 15.4. The molecule has 0 aliphatic carbocycles. The Balaban J connectivity index is 1.56. The van der Waals surface area contributed by atoms with Crippen LogP contribution in [-0.2, 0) is 33.2 Å². The molecule has 0 spiro atoms. The molecule has 0 unspecified atom stereocenters. The van der Waals surface area contributed by atoms with Crippen molar-refractivity contribution >= 4 is 12.0 Å². The highest BCUT2D eigenvalue weighted by atomic mass is 16.7. The lowest BCUT2D eigenvalue weighted by Gasteiger charge is -2.46. The summed E-state index contributed by atoms with van der Waals surface area (Å²) in [5.41, 5.74) is 0.720. The van der Waals surface area contributed by atoms with Crippen LogP contribution in [0.25, 0.3) is 6.08 Å². The Labute approximate surface area is 262 Å². The van der Waals surface area contributed by atoms with Crippen molar-refractivity contribution in [3.05, 3.63) is 53.6 Å². The first-order chi connectivity index (χ1) is 21.8. The monoisotopic (exact) mass is 654 g/mol. The molecule has 0 bridgehead atoms. The fraction of sp³-hybridized carbons (Fsp3) is 0.500. The summed E-state index contributed by atoms with van der Waals surface area (Å²) in [6.45, 7) is 0.351. The third-order valence-corrected chi connectivity index (χ3v) is 7.63. The summed E-state index contributed by atoms with van der Waals surface area (Å²) < 4.78 is 33.8. The number of rotatable bonds is 11. The van der Waals surface area contributed by atoms with E-state index >= 15 is 0 Å². The predicted octanol–water partition coefficient (Wildman–Crippen LogP) is -0.871. The molecule has 2 aliphatic rings. The van der Waals surface area contributed by atoms with Gasteiger partial charge in [0.25, 0.3) is 0 Å². The molecule has 2 heterocycles. The average molecular weight is 655 g/mol. The second-order valence-corrected chi connectivity index (χ2v) is 10.8. The van der Waals surface area contributed by atoms with Gasteiger partial charge in [0, 0.05) is 13.2 Å². The molecule has 16 nitrogen and oxygen atoms in total. The SMILES string of the molecule is CO[C@H](CO[C@H]1O[C@H](CO)[C@H](OC(=O)/C=C\c2ccc(O)c(O)c2)[C@@H](O[C@@H]2O[C@@H](C)[C@H](O)[C@@H](O)[C@@H]2O)[C@H]1O)c1ccc(O)c(O)c1. The van der Waals surface area contributed by atoms with Gasteiger partial charge in [-0.05, 0) is 48.4 Å². The van der Waals surface area contributed by atoms with E-state index < -0.39 is 91.6 Å². The third kappa shape index (κ3) is 8.05. The van der Waals surface area contributed by atoms with Crippen molar-refractivity contribution in [1.82, 2.24) is 0 Å². The van der Waals surface area contributed by atoms with Crippen molar-refractivity contribution in [2.75, 3.05) is 20.3 Å². The van der Waals surface area contributed by atoms with Gasteiger partial charge in [-0.25, -0.2) is 4.79 Å². The zero-order valence-electron chi connectivity index (χ0n) is 24.8. The maximum atomic E-state index is 12.9. The molecule has 0 radical (unpaired) electrons. The fourth-order valence-electron chi connectivity index (χ4n) is 4.96. The molecule has 2 aromatic rings. The molecule has 254 valence electrons. The third-order valence-electron chi connectivity index (χ3n) is 7.63. The summed E-state index contributed by atoms with van der Waals surface area (Å²) in [6, 6.07) is 7.77. The van der Waals surface area contributed by atoms with Crippen molar-refractivity contribution in [2.45, 2.75) is 74.4 Å². The number of phenolic OH excluding ortho intramolecular Hbond substituents is 4. The van der Waals surface area contributed by atoms with Gasteiger partial charge in [0.1, 0.15) is 42.7 Å². The first-order valence-electron chi connectivity index (χ1n) is 14.2. The smallest absolute Gasteiger partial charge is 0.331 e. The minimum atomic E-state index is -1.80. The van der Waals surface area contributed by atoms with Gasteiger partial charge in [-0.1, -0.05) is 12.1 Å². The zero-order valence-corrected chi connectivity index (χ0v) is 24.8. The molecule has 0 amide bonds. The normalized spacial score (nSPS) is 32.3. The molecule has 2 aromatic carbocycles. The van der Waals surface area contributed by atoms with Crippen LogP contribution in [0.5, 0.6) is 23.0 Å². The van der Waals surface area contributed by atoms with Crippen LogP contribution in [0.2, 0.25) is 0 Å². The number of ether oxygens (including phenoxy) is 6. The number of aliphatic hydroxyl groups is 5. The van der Waals surface area contributed by atoms with Crippen molar-refractivity contribution in [2.24, 2.45) is 0 Å². The highest BCUT2D eigenvalue weighted by molar-refractivity contribution is 5.87. The molecule has 46 heavy (non-hydrogen) atoms. The summed E-state index contributed by atoms with van der Waals surface area (Å²) in [5.74, 6) is -2.56. The van der Waals surface area contributed by atoms with Crippen LogP contribution in [0.4, 0.5) is 0 Å². The standard InChI is InChI=1S/C30H38O16/c1-13-23(37)24(38)25(39)30(43-13)46-28-26(40)29(42-12-21(41-2)15-5-7-17(33)19(35)10-15)44-20(11-31)27(28)45-22(36)8-4-14-3-6-16(32)18(34)9-14/h3-10,13,20-21,23-35,37-40H,11-12H2,1-2H3/b8-4-/t13-,20+,21+,23-,24+,25-,26+,27-,28-,29-,30-/m0/s1. The number of aromatic hydroxyl groups is 4. The highest BCUT2D eigenvalue weighted by Gasteiger charge is 2.52. The predicted molar refractivity (Wildman–Crippen MR) is 153 cm³/mol. The van der Waals surface area contributed by atoms with Crippen LogP contribution >= 0.6 is 0 Å². The van der Waals surface area contributed by atoms with Gasteiger partial charge < -0.3 is 74.4 Å². The second-order valence-electron chi connectivity index (χ2n) is 10.8. The minimum absolute atomic E-state index is 0.287. The van der Waals surface area contributed by atoms with Crippen LogP contribution in [-0.4, -0.2) is 134 Å². The molecule has 2 fully saturated rings. The molecular weight excluding hydrogens is 616 g/mol. The van der Waals surface area contributed by atoms with Crippen molar-refractivity contribution in [3.63, 3.8) is 0 Å². The Kier molecular flexibility index (Phi) is 11.8. The Morgan fingerprint density at radius 2 is 1.52 bits per heavy atom. The average Bonchev–Trinajstić information content (AvgIpc) is 3.03. The van der Waals surface area contributed by atoms with Gasteiger partial charge in [0.2, 0.25) is 0 Å². The van der Waals surface area contributed by atoms with Gasteiger partial charge in [-0.2, -0.15) is 0 Å². The van der Waals surface area contributed by atoms with Crippen LogP contribution < -0.4 is 0 Å². The Bertz CT molecular complexity index is 1350. The Morgan fingerprint density at radius 1 is 0.848 bits per heavy atom. The molecule has 4 rings (SSSR count). The van der Waals surface area contributed by atoms with E-state index in [-0.39, 0.29) is 18.1 Å². The van der Waals surface area contributed by atoms with E-state index in [1.807, 2.05) is 0 Å². The first kappa shape index (κ1) is 35.3. The van der Waals surface area contributed by atoms with Crippen LogP contribution in [0.15, 0.2) is 42.5 Å². The van der Waals surface area contributed by atoms with E-state index in [0.29, 0.717) is 11.1 Å². The molecule has 2 aliphatic heterocycles. The summed E-state index contributed by atoms with van der Waals surface area (Å²) in [5, 5.41) is 91.2. The molecule has 2 saturated heterocycles. The van der Waals surface area contributed by atoms with Gasteiger partial charge >= 0.3 is 5.97 Å². The number of benzene rings is 2. The topological polar surface area (TPSA) is 255 Å².